The lowest BCUT2D eigenvalue weighted by atomic mass is 10.0. The van der Waals surface area contributed by atoms with Gasteiger partial charge in [-0.05, 0) is 78.9 Å². The highest BCUT2D eigenvalue weighted by atomic mass is 19.4. The molecule has 1 aromatic heterocycles. The maximum absolute atomic E-state index is 13.6. The summed E-state index contributed by atoms with van der Waals surface area (Å²) in [5.41, 5.74) is 4.91. The topological polar surface area (TPSA) is 48.5 Å². The van der Waals surface area contributed by atoms with Gasteiger partial charge in [0, 0.05) is 61.6 Å². The molecular weight excluding hydrogens is 549 g/mol. The Morgan fingerprint density at radius 3 is 2.28 bits per heavy atom. The Bertz CT molecular complexity index is 1510. The van der Waals surface area contributed by atoms with Gasteiger partial charge in [-0.1, -0.05) is 54.6 Å². The number of aromatic nitrogens is 1. The van der Waals surface area contributed by atoms with E-state index in [2.05, 4.69) is 27.3 Å². The maximum atomic E-state index is 13.6. The van der Waals surface area contributed by atoms with Crippen LogP contribution in [0.15, 0.2) is 103 Å². The number of anilines is 2. The number of alkyl halides is 3. The predicted octanol–water partition coefficient (Wildman–Crippen LogP) is 7.86. The Labute approximate surface area is 250 Å². The van der Waals surface area contributed by atoms with Gasteiger partial charge < -0.3 is 10.2 Å². The fraction of sp³-hybridized carbons (Fsp3) is 0.257. The van der Waals surface area contributed by atoms with Crippen molar-refractivity contribution < 1.29 is 18.0 Å². The lowest BCUT2D eigenvalue weighted by Crippen LogP contribution is -2.46. The van der Waals surface area contributed by atoms with E-state index in [0.29, 0.717) is 12.1 Å². The van der Waals surface area contributed by atoms with Gasteiger partial charge in [0.2, 0.25) is 5.91 Å². The van der Waals surface area contributed by atoms with Crippen molar-refractivity contribution in [2.45, 2.75) is 45.1 Å². The smallest absolute Gasteiger partial charge is 0.355 e. The van der Waals surface area contributed by atoms with Crippen molar-refractivity contribution in [1.82, 2.24) is 14.8 Å². The summed E-state index contributed by atoms with van der Waals surface area (Å²) >= 11 is 0. The number of pyridine rings is 1. The summed E-state index contributed by atoms with van der Waals surface area (Å²) in [7, 11) is 0. The number of hydrogen-bond donors (Lipinski definition) is 1. The highest BCUT2D eigenvalue weighted by Crippen LogP contribution is 2.29. The molecule has 1 aliphatic rings. The van der Waals surface area contributed by atoms with E-state index >= 15 is 0 Å². The molecule has 5 nitrogen and oxygen atoms in total. The van der Waals surface area contributed by atoms with Gasteiger partial charge in [-0.25, -0.2) is 0 Å². The normalized spacial score (nSPS) is 14.6. The lowest BCUT2D eigenvalue weighted by Gasteiger charge is -2.38. The van der Waals surface area contributed by atoms with Gasteiger partial charge in [-0.3, -0.25) is 14.7 Å². The van der Waals surface area contributed by atoms with Crippen molar-refractivity contribution >= 4 is 23.4 Å². The van der Waals surface area contributed by atoms with Gasteiger partial charge in [-0.15, -0.1) is 0 Å². The van der Waals surface area contributed by atoms with Crippen LogP contribution in [0.3, 0.4) is 0 Å². The number of aryl methyl sites for hydroxylation is 1. The molecule has 4 aromatic rings. The summed E-state index contributed by atoms with van der Waals surface area (Å²) in [5.74, 6) is -0.157. The van der Waals surface area contributed by atoms with Gasteiger partial charge in [0.05, 0.1) is 5.56 Å². The standard InChI is InChI=1S/C35H35F3N4O/c1-26-23-32(17-20-39-26)40-31-14-9-29(10-15-31)25-42(33-18-21-41(22-19-33)24-28-5-3-2-4-6-28)34(43)16-11-27-7-12-30(13-8-27)35(36,37)38/h2-17,20,23,33H,18-19,21-22,24-25H2,1H3,(H,39,40). The molecule has 0 spiro atoms. The van der Waals surface area contributed by atoms with Crippen LogP contribution in [-0.2, 0) is 24.1 Å². The molecule has 3 aromatic carbocycles. The minimum atomic E-state index is -4.40. The fourth-order valence-corrected chi connectivity index (χ4v) is 5.34. The molecular formula is C35H35F3N4O. The Kier molecular flexibility index (Phi) is 9.57. The Morgan fingerprint density at radius 1 is 0.930 bits per heavy atom. The molecule has 2 heterocycles. The van der Waals surface area contributed by atoms with Crippen molar-refractivity contribution in [2.24, 2.45) is 0 Å². The van der Waals surface area contributed by atoms with Crippen molar-refractivity contribution in [1.29, 1.82) is 0 Å². The van der Waals surface area contributed by atoms with Crippen LogP contribution in [0.5, 0.6) is 0 Å². The van der Waals surface area contributed by atoms with Gasteiger partial charge >= 0.3 is 6.18 Å². The van der Waals surface area contributed by atoms with Gasteiger partial charge in [-0.2, -0.15) is 13.2 Å². The third-order valence-corrected chi connectivity index (χ3v) is 7.68. The molecule has 5 rings (SSSR count). The number of likely N-dealkylation sites (tertiary alicyclic amines) is 1. The summed E-state index contributed by atoms with van der Waals surface area (Å²) in [4.78, 5) is 22.1. The fourth-order valence-electron chi connectivity index (χ4n) is 5.34. The molecule has 1 saturated heterocycles. The first kappa shape index (κ1) is 30.0. The summed E-state index contributed by atoms with van der Waals surface area (Å²) in [6.07, 6.45) is 2.11. The number of rotatable bonds is 9. The van der Waals surface area contributed by atoms with Crippen molar-refractivity contribution in [3.05, 3.63) is 131 Å². The third kappa shape index (κ3) is 8.55. The third-order valence-electron chi connectivity index (χ3n) is 7.68. The predicted molar refractivity (Wildman–Crippen MR) is 164 cm³/mol. The zero-order valence-corrected chi connectivity index (χ0v) is 24.1. The molecule has 8 heteroatoms. The molecule has 1 fully saturated rings. The highest BCUT2D eigenvalue weighted by Gasteiger charge is 2.30. The first-order valence-corrected chi connectivity index (χ1v) is 14.4. The number of nitrogens with one attached hydrogen (secondary N) is 1. The van der Waals surface area contributed by atoms with Crippen LogP contribution < -0.4 is 5.32 Å². The number of nitrogens with zero attached hydrogens (tertiary/aromatic N) is 3. The van der Waals surface area contributed by atoms with E-state index in [0.717, 1.165) is 67.2 Å². The molecule has 43 heavy (non-hydrogen) atoms. The average Bonchev–Trinajstić information content (AvgIpc) is 3.00. The van der Waals surface area contributed by atoms with E-state index in [-0.39, 0.29) is 11.9 Å². The molecule has 0 atom stereocenters. The first-order chi connectivity index (χ1) is 20.7. The van der Waals surface area contributed by atoms with E-state index in [4.69, 9.17) is 0 Å². The molecule has 222 valence electrons. The summed E-state index contributed by atoms with van der Waals surface area (Å²) in [6, 6.07) is 27.2. The van der Waals surface area contributed by atoms with Gasteiger partial charge in [0.15, 0.2) is 0 Å². The molecule has 1 aliphatic heterocycles. The summed E-state index contributed by atoms with van der Waals surface area (Å²) in [6.45, 7) is 5.01. The van der Waals surface area contributed by atoms with E-state index < -0.39 is 11.7 Å². The van der Waals surface area contributed by atoms with Gasteiger partial charge in [0.25, 0.3) is 0 Å². The number of benzene rings is 3. The van der Waals surface area contributed by atoms with Crippen LogP contribution in [0.4, 0.5) is 24.5 Å². The lowest BCUT2D eigenvalue weighted by molar-refractivity contribution is -0.137. The zero-order chi connectivity index (χ0) is 30.2. The molecule has 1 N–H and O–H groups in total. The minimum Gasteiger partial charge on any atom is -0.355 e. The number of piperidine rings is 1. The Morgan fingerprint density at radius 2 is 1.63 bits per heavy atom. The van der Waals surface area contributed by atoms with Crippen LogP contribution in [0, 0.1) is 6.92 Å². The molecule has 0 saturated carbocycles. The second-order valence-corrected chi connectivity index (χ2v) is 10.9. The van der Waals surface area contributed by atoms with Gasteiger partial charge in [0.1, 0.15) is 0 Å². The first-order valence-electron chi connectivity index (χ1n) is 14.4. The molecule has 0 unspecified atom stereocenters. The van der Waals surface area contributed by atoms with E-state index in [9.17, 15) is 18.0 Å². The number of halogens is 3. The van der Waals surface area contributed by atoms with Crippen LogP contribution in [-0.4, -0.2) is 39.8 Å². The summed E-state index contributed by atoms with van der Waals surface area (Å²) < 4.78 is 38.9. The van der Waals surface area contributed by atoms with Crippen molar-refractivity contribution in [2.75, 3.05) is 18.4 Å². The SMILES string of the molecule is Cc1cc(Nc2ccc(CN(C(=O)C=Cc3ccc(C(F)(F)F)cc3)C3CCN(Cc4ccccc4)CC3)cc2)ccn1. The average molecular weight is 585 g/mol. The minimum absolute atomic E-state index is 0.0503. The second kappa shape index (κ2) is 13.7. The van der Waals surface area contributed by atoms with E-state index in [1.807, 2.05) is 66.4 Å². The number of carbonyl (C=O) groups excluding carboxylic acids is 1. The van der Waals surface area contributed by atoms with E-state index in [1.54, 1.807) is 12.3 Å². The van der Waals surface area contributed by atoms with Crippen LogP contribution in [0.1, 0.15) is 40.8 Å². The largest absolute Gasteiger partial charge is 0.416 e. The van der Waals surface area contributed by atoms with Crippen LogP contribution >= 0.6 is 0 Å². The second-order valence-electron chi connectivity index (χ2n) is 10.9. The van der Waals surface area contributed by atoms with Crippen molar-refractivity contribution in [3.8, 4) is 0 Å². The molecule has 0 bridgehead atoms. The quantitative estimate of drug-likeness (QED) is 0.204. The van der Waals surface area contributed by atoms with E-state index in [1.165, 1.54) is 23.8 Å². The Hall–Kier alpha value is -4.43. The number of amides is 1. The maximum Gasteiger partial charge on any atom is 0.416 e. The highest BCUT2D eigenvalue weighted by molar-refractivity contribution is 5.92. The monoisotopic (exact) mass is 584 g/mol. The molecule has 0 aliphatic carbocycles. The zero-order valence-electron chi connectivity index (χ0n) is 24.1. The van der Waals surface area contributed by atoms with Crippen LogP contribution in [0.25, 0.3) is 6.08 Å². The van der Waals surface area contributed by atoms with Crippen molar-refractivity contribution in [3.63, 3.8) is 0 Å². The Balaban J connectivity index is 1.28. The molecule has 1 amide bonds. The summed E-state index contributed by atoms with van der Waals surface area (Å²) in [5, 5.41) is 3.38. The van der Waals surface area contributed by atoms with Crippen LogP contribution in [0.2, 0.25) is 0 Å². The molecule has 0 radical (unpaired) electrons. The number of carbonyl (C=O) groups is 1. The number of hydrogen-bond acceptors (Lipinski definition) is 4.